The maximum atomic E-state index is 12.5. The van der Waals surface area contributed by atoms with E-state index in [1.165, 1.54) is 0 Å². The van der Waals surface area contributed by atoms with Crippen LogP contribution in [0.4, 0.5) is 5.69 Å². The van der Waals surface area contributed by atoms with Crippen LogP contribution >= 0.6 is 0 Å². The number of carbonyl (C=O) groups is 2. The fourth-order valence-corrected chi connectivity index (χ4v) is 3.17. The van der Waals surface area contributed by atoms with Gasteiger partial charge in [-0.25, -0.2) is 0 Å². The van der Waals surface area contributed by atoms with E-state index in [9.17, 15) is 9.59 Å². The van der Waals surface area contributed by atoms with E-state index in [0.29, 0.717) is 36.7 Å². The summed E-state index contributed by atoms with van der Waals surface area (Å²) in [4.78, 5) is 26.5. The molecule has 0 atom stereocenters. The van der Waals surface area contributed by atoms with Gasteiger partial charge in [-0.15, -0.1) is 0 Å². The van der Waals surface area contributed by atoms with Gasteiger partial charge in [0.15, 0.2) is 0 Å². The summed E-state index contributed by atoms with van der Waals surface area (Å²) in [5, 5.41) is 2.94. The number of anilines is 1. The molecule has 1 aromatic carbocycles. The number of carbonyl (C=O) groups excluding carboxylic acids is 2. The Balaban J connectivity index is 1.80. The predicted octanol–water partition coefficient (Wildman–Crippen LogP) is 2.67. The van der Waals surface area contributed by atoms with Crippen molar-refractivity contribution in [2.24, 2.45) is 5.92 Å². The molecule has 0 bridgehead atoms. The summed E-state index contributed by atoms with van der Waals surface area (Å²) in [6.45, 7) is 3.70. The fraction of sp³-hybridized carbons (Fsp3) is 0.529. The summed E-state index contributed by atoms with van der Waals surface area (Å²) >= 11 is 0. The maximum absolute atomic E-state index is 12.5. The molecule has 1 aliphatic carbocycles. The topological polar surface area (TPSA) is 58.6 Å². The van der Waals surface area contributed by atoms with Crippen LogP contribution in [0.2, 0.25) is 0 Å². The van der Waals surface area contributed by atoms with Gasteiger partial charge in [-0.2, -0.15) is 0 Å². The van der Waals surface area contributed by atoms with E-state index in [0.717, 1.165) is 25.7 Å². The molecule has 22 heavy (non-hydrogen) atoms. The maximum Gasteiger partial charge on any atom is 0.257 e. The molecule has 1 heterocycles. The summed E-state index contributed by atoms with van der Waals surface area (Å²) in [7, 11) is 0. The Hall–Kier alpha value is -2.04. The van der Waals surface area contributed by atoms with Crippen molar-refractivity contribution in [3.8, 4) is 5.75 Å². The van der Waals surface area contributed by atoms with E-state index in [1.54, 1.807) is 23.1 Å². The first-order valence-electron chi connectivity index (χ1n) is 8.06. The van der Waals surface area contributed by atoms with Crippen LogP contribution in [0.3, 0.4) is 0 Å². The Morgan fingerprint density at radius 1 is 1.36 bits per heavy atom. The van der Waals surface area contributed by atoms with Gasteiger partial charge in [0.05, 0.1) is 12.1 Å². The molecule has 0 unspecified atom stereocenters. The van der Waals surface area contributed by atoms with Crippen LogP contribution in [0.25, 0.3) is 0 Å². The zero-order valence-corrected chi connectivity index (χ0v) is 12.9. The number of ether oxygens (including phenoxy) is 1. The molecular formula is C17H22N2O3. The molecule has 1 aromatic rings. The monoisotopic (exact) mass is 302 g/mol. The van der Waals surface area contributed by atoms with Gasteiger partial charge in [0.2, 0.25) is 5.91 Å². The second-order valence-corrected chi connectivity index (χ2v) is 5.91. The van der Waals surface area contributed by atoms with Crippen LogP contribution < -0.4 is 10.1 Å². The third kappa shape index (κ3) is 2.93. The van der Waals surface area contributed by atoms with Crippen LogP contribution in [-0.2, 0) is 4.79 Å². The largest absolute Gasteiger partial charge is 0.491 e. The molecule has 0 aromatic heterocycles. The molecule has 2 amide bonds. The molecule has 5 nitrogen and oxygen atoms in total. The number of hydrogen-bond acceptors (Lipinski definition) is 3. The summed E-state index contributed by atoms with van der Waals surface area (Å²) in [6.07, 6.45) is 4.17. The van der Waals surface area contributed by atoms with Crippen molar-refractivity contribution in [1.29, 1.82) is 0 Å². The molecular weight excluding hydrogens is 280 g/mol. The van der Waals surface area contributed by atoms with Crippen LogP contribution in [0.15, 0.2) is 18.2 Å². The summed E-state index contributed by atoms with van der Waals surface area (Å²) in [5.74, 6) is 0.733. The van der Waals surface area contributed by atoms with Crippen molar-refractivity contribution in [2.45, 2.75) is 32.6 Å². The number of fused-ring (bicyclic) bond motifs is 1. The van der Waals surface area contributed by atoms with Crippen molar-refractivity contribution in [1.82, 2.24) is 4.90 Å². The van der Waals surface area contributed by atoms with Crippen molar-refractivity contribution in [3.63, 3.8) is 0 Å². The molecule has 1 aliphatic heterocycles. The number of nitrogens with zero attached hydrogens (tertiary/aromatic N) is 1. The van der Waals surface area contributed by atoms with Crippen LogP contribution in [0, 0.1) is 5.92 Å². The Bertz CT molecular complexity index is 579. The first-order chi connectivity index (χ1) is 10.7. The van der Waals surface area contributed by atoms with Gasteiger partial charge in [-0.3, -0.25) is 9.59 Å². The minimum atomic E-state index is -0.0352. The molecule has 5 heteroatoms. The third-order valence-electron chi connectivity index (χ3n) is 4.49. The number of likely N-dealkylation sites (N-methyl/N-ethyl adjacent to an activating group) is 1. The second-order valence-electron chi connectivity index (χ2n) is 5.91. The highest BCUT2D eigenvalue weighted by atomic mass is 16.5. The molecule has 1 N–H and O–H groups in total. The van der Waals surface area contributed by atoms with Crippen molar-refractivity contribution in [2.75, 3.05) is 25.0 Å². The minimum absolute atomic E-state index is 0.0352. The number of rotatable bonds is 3. The Kier molecular flexibility index (Phi) is 4.32. The number of nitrogens with one attached hydrogen (secondary N) is 1. The molecule has 0 radical (unpaired) electrons. The molecule has 3 rings (SSSR count). The lowest BCUT2D eigenvalue weighted by Gasteiger charge is -2.17. The van der Waals surface area contributed by atoms with E-state index < -0.39 is 0 Å². The van der Waals surface area contributed by atoms with Crippen molar-refractivity contribution >= 4 is 17.5 Å². The summed E-state index contributed by atoms with van der Waals surface area (Å²) in [6, 6.07) is 5.32. The fourth-order valence-electron chi connectivity index (χ4n) is 3.17. The number of amides is 2. The van der Waals surface area contributed by atoms with Crippen LogP contribution in [-0.4, -0.2) is 36.4 Å². The second kappa shape index (κ2) is 6.38. The molecule has 0 spiro atoms. The van der Waals surface area contributed by atoms with E-state index in [4.69, 9.17) is 4.74 Å². The van der Waals surface area contributed by atoms with E-state index in [2.05, 4.69) is 5.32 Å². The smallest absolute Gasteiger partial charge is 0.257 e. The Morgan fingerprint density at radius 2 is 2.14 bits per heavy atom. The van der Waals surface area contributed by atoms with Gasteiger partial charge >= 0.3 is 0 Å². The standard InChI is InChI=1S/C17H22N2O3/c1-2-19-9-10-22-15-8-7-13(11-14(15)17(19)21)18-16(20)12-5-3-4-6-12/h7-8,11-12H,2-6,9-10H2,1H3,(H,18,20). The van der Waals surface area contributed by atoms with Crippen LogP contribution in [0.1, 0.15) is 43.0 Å². The van der Waals surface area contributed by atoms with Gasteiger partial charge in [0.25, 0.3) is 5.91 Å². The van der Waals surface area contributed by atoms with E-state index in [-0.39, 0.29) is 17.7 Å². The minimum Gasteiger partial charge on any atom is -0.491 e. The first kappa shape index (κ1) is 14.9. The molecule has 2 aliphatic rings. The van der Waals surface area contributed by atoms with Crippen molar-refractivity contribution in [3.05, 3.63) is 23.8 Å². The third-order valence-corrected chi connectivity index (χ3v) is 4.49. The zero-order chi connectivity index (χ0) is 15.5. The van der Waals surface area contributed by atoms with Gasteiger partial charge in [-0.1, -0.05) is 12.8 Å². The lowest BCUT2D eigenvalue weighted by molar-refractivity contribution is -0.119. The SMILES string of the molecule is CCN1CCOc2ccc(NC(=O)C3CCCC3)cc2C1=O. The highest BCUT2D eigenvalue weighted by molar-refractivity contribution is 6.00. The lowest BCUT2D eigenvalue weighted by atomic mass is 10.1. The zero-order valence-electron chi connectivity index (χ0n) is 12.9. The Morgan fingerprint density at radius 3 is 2.86 bits per heavy atom. The van der Waals surface area contributed by atoms with Crippen molar-refractivity contribution < 1.29 is 14.3 Å². The molecule has 118 valence electrons. The van der Waals surface area contributed by atoms with Gasteiger partial charge in [-0.05, 0) is 38.0 Å². The highest BCUT2D eigenvalue weighted by Gasteiger charge is 2.25. The first-order valence-corrected chi connectivity index (χ1v) is 8.06. The molecule has 1 fully saturated rings. The highest BCUT2D eigenvalue weighted by Crippen LogP contribution is 2.29. The van der Waals surface area contributed by atoms with E-state index in [1.807, 2.05) is 6.92 Å². The average Bonchev–Trinajstić information content (AvgIpc) is 3.01. The predicted molar refractivity (Wildman–Crippen MR) is 84.1 cm³/mol. The summed E-state index contributed by atoms with van der Waals surface area (Å²) in [5.41, 5.74) is 1.20. The van der Waals surface area contributed by atoms with Gasteiger partial charge in [0, 0.05) is 18.2 Å². The lowest BCUT2D eigenvalue weighted by Crippen LogP contribution is -2.32. The summed E-state index contributed by atoms with van der Waals surface area (Å²) < 4.78 is 5.64. The Labute approximate surface area is 130 Å². The van der Waals surface area contributed by atoms with Gasteiger partial charge in [0.1, 0.15) is 12.4 Å². The van der Waals surface area contributed by atoms with Gasteiger partial charge < -0.3 is 15.0 Å². The van der Waals surface area contributed by atoms with Crippen LogP contribution in [0.5, 0.6) is 5.75 Å². The van der Waals surface area contributed by atoms with E-state index >= 15 is 0 Å². The average molecular weight is 302 g/mol. The quantitative estimate of drug-likeness (QED) is 0.934. The number of benzene rings is 1. The number of hydrogen-bond donors (Lipinski definition) is 1. The molecule has 0 saturated heterocycles. The molecule has 1 saturated carbocycles. The normalized spacial score (nSPS) is 18.6.